The average molecular weight is 316 g/mol. The molecule has 7 nitrogen and oxygen atoms in total. The maximum absolute atomic E-state index is 12.2. The third kappa shape index (κ3) is 3.25. The fraction of sp³-hybridized carbons (Fsp3) is 0.438. The van der Waals surface area contributed by atoms with E-state index < -0.39 is 0 Å². The number of benzene rings is 1. The van der Waals surface area contributed by atoms with Crippen LogP contribution in [0.3, 0.4) is 0 Å². The third-order valence-corrected chi connectivity index (χ3v) is 4.23. The lowest BCUT2D eigenvalue weighted by molar-refractivity contribution is -0.126. The summed E-state index contributed by atoms with van der Waals surface area (Å²) < 4.78 is 0. The first-order valence-electron chi connectivity index (χ1n) is 7.74. The number of nitrogens with zero attached hydrogens (tertiary/aromatic N) is 3. The maximum Gasteiger partial charge on any atom is 0.261 e. The third-order valence-electron chi connectivity index (χ3n) is 4.23. The number of hydrogen-bond donors (Lipinski definition) is 1. The van der Waals surface area contributed by atoms with Crippen LogP contribution in [0.1, 0.15) is 27.1 Å². The largest absolute Gasteiger partial charge is 0.304 e. The number of amides is 3. The first-order valence-corrected chi connectivity index (χ1v) is 7.74. The lowest BCUT2D eigenvalue weighted by Gasteiger charge is -2.32. The van der Waals surface area contributed by atoms with E-state index in [0.29, 0.717) is 11.1 Å². The molecular weight excluding hydrogens is 296 g/mol. The summed E-state index contributed by atoms with van der Waals surface area (Å²) in [4.78, 5) is 39.8. The molecule has 0 aromatic heterocycles. The minimum atomic E-state index is -0.321. The maximum atomic E-state index is 12.2. The van der Waals surface area contributed by atoms with Gasteiger partial charge in [0.25, 0.3) is 11.8 Å². The first kappa shape index (κ1) is 15.6. The van der Waals surface area contributed by atoms with E-state index in [-0.39, 0.29) is 30.7 Å². The van der Waals surface area contributed by atoms with Gasteiger partial charge >= 0.3 is 0 Å². The van der Waals surface area contributed by atoms with Crippen molar-refractivity contribution >= 4 is 17.7 Å². The van der Waals surface area contributed by atoms with Gasteiger partial charge in [-0.1, -0.05) is 12.1 Å². The number of rotatable bonds is 4. The lowest BCUT2D eigenvalue weighted by Crippen LogP contribution is -2.52. The molecule has 1 N–H and O–H groups in total. The molecule has 3 rings (SSSR count). The number of piperazine rings is 1. The van der Waals surface area contributed by atoms with Crippen LogP contribution in [0.2, 0.25) is 0 Å². The molecule has 0 saturated carbocycles. The molecule has 122 valence electrons. The van der Waals surface area contributed by atoms with Crippen LogP contribution in [-0.4, -0.2) is 72.3 Å². The second kappa shape index (κ2) is 6.47. The van der Waals surface area contributed by atoms with Crippen molar-refractivity contribution in [1.82, 2.24) is 20.2 Å². The smallest absolute Gasteiger partial charge is 0.261 e. The summed E-state index contributed by atoms with van der Waals surface area (Å²) in [6.07, 6.45) is 0.109. The van der Waals surface area contributed by atoms with Crippen molar-refractivity contribution in [1.29, 1.82) is 0 Å². The van der Waals surface area contributed by atoms with Gasteiger partial charge < -0.3 is 4.90 Å². The Morgan fingerprint density at radius 3 is 2.17 bits per heavy atom. The van der Waals surface area contributed by atoms with Gasteiger partial charge in [-0.05, 0) is 19.2 Å². The van der Waals surface area contributed by atoms with E-state index in [1.54, 1.807) is 24.3 Å². The Morgan fingerprint density at radius 2 is 1.61 bits per heavy atom. The zero-order valence-electron chi connectivity index (χ0n) is 13.1. The summed E-state index contributed by atoms with van der Waals surface area (Å²) in [5.74, 6) is -0.817. The zero-order chi connectivity index (χ0) is 16.4. The Morgan fingerprint density at radius 1 is 1.04 bits per heavy atom. The van der Waals surface area contributed by atoms with E-state index in [4.69, 9.17) is 0 Å². The highest BCUT2D eigenvalue weighted by atomic mass is 16.2. The molecule has 0 bridgehead atoms. The number of carbonyl (C=O) groups is 3. The topological polar surface area (TPSA) is 73.0 Å². The number of nitrogens with one attached hydrogen (secondary N) is 1. The van der Waals surface area contributed by atoms with Crippen molar-refractivity contribution in [3.63, 3.8) is 0 Å². The van der Waals surface area contributed by atoms with Crippen molar-refractivity contribution in [3.8, 4) is 0 Å². The van der Waals surface area contributed by atoms with E-state index in [1.165, 1.54) is 0 Å². The van der Waals surface area contributed by atoms with Crippen LogP contribution >= 0.6 is 0 Å². The fourth-order valence-electron chi connectivity index (χ4n) is 2.81. The van der Waals surface area contributed by atoms with E-state index in [0.717, 1.165) is 31.1 Å². The molecule has 2 aliphatic heterocycles. The number of carbonyl (C=O) groups excluding carboxylic acids is 3. The standard InChI is InChI=1S/C16H20N4O3/c1-18-8-10-19(11-9-18)17-14(21)6-7-20-15(22)12-4-2-3-5-13(12)16(20)23/h2-5H,6-11H2,1H3,(H,17,21). The van der Waals surface area contributed by atoms with Gasteiger partial charge in [0, 0.05) is 39.1 Å². The summed E-state index contributed by atoms with van der Waals surface area (Å²) in [5.41, 5.74) is 3.66. The molecule has 3 amide bonds. The SMILES string of the molecule is CN1CCN(NC(=O)CCN2C(=O)c3ccccc3C2=O)CC1. The molecule has 1 aromatic rings. The molecule has 0 radical (unpaired) electrons. The molecule has 2 aliphatic rings. The molecule has 1 fully saturated rings. The number of likely N-dealkylation sites (N-methyl/N-ethyl adjacent to an activating group) is 1. The average Bonchev–Trinajstić information content (AvgIpc) is 2.80. The molecule has 7 heteroatoms. The Hall–Kier alpha value is -2.25. The Kier molecular flexibility index (Phi) is 4.40. The second-order valence-corrected chi connectivity index (χ2v) is 5.88. The van der Waals surface area contributed by atoms with Crippen LogP contribution in [0.5, 0.6) is 0 Å². The number of hydrogen-bond acceptors (Lipinski definition) is 5. The summed E-state index contributed by atoms with van der Waals surface area (Å²) >= 11 is 0. The summed E-state index contributed by atoms with van der Waals surface area (Å²) in [5, 5.41) is 1.88. The highest BCUT2D eigenvalue weighted by Crippen LogP contribution is 2.22. The Bertz CT molecular complexity index is 603. The summed E-state index contributed by atoms with van der Waals surface area (Å²) in [6, 6.07) is 6.74. The monoisotopic (exact) mass is 316 g/mol. The predicted octanol–water partition coefficient (Wildman–Crippen LogP) is -0.0487. The minimum Gasteiger partial charge on any atom is -0.304 e. The molecular formula is C16H20N4O3. The van der Waals surface area contributed by atoms with Crippen LogP contribution in [0.4, 0.5) is 0 Å². The highest BCUT2D eigenvalue weighted by molar-refractivity contribution is 6.21. The quantitative estimate of drug-likeness (QED) is 0.789. The normalized spacial score (nSPS) is 19.1. The molecule has 0 atom stereocenters. The molecule has 0 aliphatic carbocycles. The molecule has 1 aromatic carbocycles. The Labute approximate surface area is 134 Å². The van der Waals surface area contributed by atoms with Crippen molar-refractivity contribution in [2.75, 3.05) is 39.8 Å². The number of imide groups is 1. The van der Waals surface area contributed by atoms with Crippen molar-refractivity contribution in [3.05, 3.63) is 35.4 Å². The van der Waals surface area contributed by atoms with E-state index in [2.05, 4.69) is 10.3 Å². The Balaban J connectivity index is 1.52. The molecule has 2 heterocycles. The second-order valence-electron chi connectivity index (χ2n) is 5.88. The summed E-state index contributed by atoms with van der Waals surface area (Å²) in [7, 11) is 2.04. The lowest BCUT2D eigenvalue weighted by atomic mass is 10.1. The van der Waals surface area contributed by atoms with Gasteiger partial charge in [-0.2, -0.15) is 0 Å². The van der Waals surface area contributed by atoms with E-state index in [9.17, 15) is 14.4 Å². The first-order chi connectivity index (χ1) is 11.1. The van der Waals surface area contributed by atoms with Gasteiger partial charge in [0.1, 0.15) is 0 Å². The van der Waals surface area contributed by atoms with E-state index >= 15 is 0 Å². The van der Waals surface area contributed by atoms with E-state index in [1.807, 2.05) is 12.1 Å². The van der Waals surface area contributed by atoms with Gasteiger partial charge in [-0.25, -0.2) is 5.01 Å². The van der Waals surface area contributed by atoms with Crippen LogP contribution < -0.4 is 5.43 Å². The van der Waals surface area contributed by atoms with Crippen molar-refractivity contribution in [2.24, 2.45) is 0 Å². The van der Waals surface area contributed by atoms with Gasteiger partial charge in [-0.15, -0.1) is 0 Å². The van der Waals surface area contributed by atoms with Gasteiger partial charge in [0.2, 0.25) is 5.91 Å². The predicted molar refractivity (Wildman–Crippen MR) is 83.6 cm³/mol. The minimum absolute atomic E-state index is 0.103. The van der Waals surface area contributed by atoms with Gasteiger partial charge in [-0.3, -0.25) is 24.7 Å². The summed E-state index contributed by atoms with van der Waals surface area (Å²) in [6.45, 7) is 3.45. The van der Waals surface area contributed by atoms with Crippen LogP contribution in [0, 0.1) is 0 Å². The van der Waals surface area contributed by atoms with Gasteiger partial charge in [0.05, 0.1) is 11.1 Å². The fourth-order valence-corrected chi connectivity index (χ4v) is 2.81. The molecule has 23 heavy (non-hydrogen) atoms. The molecule has 1 saturated heterocycles. The molecule has 0 unspecified atom stereocenters. The molecule has 0 spiro atoms. The van der Waals surface area contributed by atoms with Crippen LogP contribution in [-0.2, 0) is 4.79 Å². The van der Waals surface area contributed by atoms with Gasteiger partial charge in [0.15, 0.2) is 0 Å². The number of hydrazine groups is 1. The van der Waals surface area contributed by atoms with Crippen LogP contribution in [0.25, 0.3) is 0 Å². The number of fused-ring (bicyclic) bond motifs is 1. The van der Waals surface area contributed by atoms with Crippen LogP contribution in [0.15, 0.2) is 24.3 Å². The zero-order valence-corrected chi connectivity index (χ0v) is 13.1. The van der Waals surface area contributed by atoms with Crippen molar-refractivity contribution in [2.45, 2.75) is 6.42 Å². The van der Waals surface area contributed by atoms with Crippen molar-refractivity contribution < 1.29 is 14.4 Å². The highest BCUT2D eigenvalue weighted by Gasteiger charge is 2.35.